The molecule has 0 saturated carbocycles. The maximum absolute atomic E-state index is 13.8. The largest absolute Gasteiger partial charge is 0.341 e. The second-order valence-electron chi connectivity index (χ2n) is 13.5. The van der Waals surface area contributed by atoms with E-state index in [1.54, 1.807) is 0 Å². The van der Waals surface area contributed by atoms with Crippen LogP contribution >= 0.6 is 0 Å². The molecule has 4 atom stereocenters. The molecule has 2 aliphatic heterocycles. The number of amides is 2. The number of nitrogens with zero attached hydrogens (tertiary/aromatic N) is 2. The van der Waals surface area contributed by atoms with Crippen LogP contribution < -0.4 is 0 Å². The van der Waals surface area contributed by atoms with Crippen molar-refractivity contribution in [3.8, 4) is 0 Å². The third kappa shape index (κ3) is 11.7. The Bertz CT molecular complexity index is 616. The van der Waals surface area contributed by atoms with Crippen LogP contribution in [0.4, 0.5) is 0 Å². The van der Waals surface area contributed by atoms with Gasteiger partial charge in [0.25, 0.3) is 0 Å². The second kappa shape index (κ2) is 20.8. The first-order valence-corrected chi connectivity index (χ1v) is 18.1. The lowest BCUT2D eigenvalue weighted by molar-refractivity contribution is -0.146. The average molecular weight is 561 g/mol. The highest BCUT2D eigenvalue weighted by Gasteiger charge is 2.41. The molecular formula is C36H68N2O2. The SMILES string of the molecule is CCCCCCCCCCCCCCCCCC(C(=O)N1CC(CC)C(CC)C1)C(=O)N1CC(CC)C(CC)C1. The van der Waals surface area contributed by atoms with Crippen molar-refractivity contribution in [1.29, 1.82) is 0 Å². The minimum atomic E-state index is -0.455. The van der Waals surface area contributed by atoms with Crippen molar-refractivity contribution < 1.29 is 9.59 Å². The van der Waals surface area contributed by atoms with Crippen LogP contribution in [0.2, 0.25) is 0 Å². The first-order valence-electron chi connectivity index (χ1n) is 18.1. The van der Waals surface area contributed by atoms with E-state index >= 15 is 0 Å². The van der Waals surface area contributed by atoms with Crippen LogP contribution in [0.15, 0.2) is 0 Å². The van der Waals surface area contributed by atoms with Gasteiger partial charge in [0.1, 0.15) is 5.92 Å². The van der Waals surface area contributed by atoms with Gasteiger partial charge >= 0.3 is 0 Å². The van der Waals surface area contributed by atoms with Crippen LogP contribution in [0.1, 0.15) is 163 Å². The lowest BCUT2D eigenvalue weighted by Crippen LogP contribution is -2.44. The van der Waals surface area contributed by atoms with Crippen molar-refractivity contribution >= 4 is 11.8 Å². The highest BCUT2D eigenvalue weighted by Crippen LogP contribution is 2.33. The van der Waals surface area contributed by atoms with Crippen molar-refractivity contribution in [3.63, 3.8) is 0 Å². The van der Waals surface area contributed by atoms with Crippen molar-refractivity contribution in [1.82, 2.24) is 9.80 Å². The molecule has 0 aromatic rings. The van der Waals surface area contributed by atoms with Crippen molar-refractivity contribution in [2.45, 2.75) is 163 Å². The average Bonchev–Trinajstić information content (AvgIpc) is 3.60. The van der Waals surface area contributed by atoms with E-state index in [9.17, 15) is 9.59 Å². The summed E-state index contributed by atoms with van der Waals surface area (Å²) in [5.74, 6) is 2.19. The molecular weight excluding hydrogens is 492 g/mol. The molecule has 2 fully saturated rings. The maximum Gasteiger partial charge on any atom is 0.235 e. The van der Waals surface area contributed by atoms with Crippen LogP contribution in [0, 0.1) is 29.6 Å². The molecule has 2 heterocycles. The lowest BCUT2D eigenvalue weighted by Gasteiger charge is -2.27. The standard InChI is InChI=1S/C36H68N2O2/c1-6-11-12-13-14-15-16-17-18-19-20-21-22-23-24-25-34(35(39)37-26-30(7-2)31(8-3)27-37)36(40)38-28-32(9-4)33(10-5)29-38/h30-34H,6-29H2,1-5H3. The molecule has 234 valence electrons. The van der Waals surface area contributed by atoms with Crippen LogP contribution in [-0.2, 0) is 9.59 Å². The minimum absolute atomic E-state index is 0.137. The van der Waals surface area contributed by atoms with E-state index < -0.39 is 5.92 Å². The monoisotopic (exact) mass is 561 g/mol. The number of hydrogen-bond donors (Lipinski definition) is 0. The predicted octanol–water partition coefficient (Wildman–Crippen LogP) is 9.65. The van der Waals surface area contributed by atoms with E-state index in [1.807, 2.05) is 0 Å². The number of carbonyl (C=O) groups excluding carboxylic acids is 2. The predicted molar refractivity (Wildman–Crippen MR) is 171 cm³/mol. The summed E-state index contributed by atoms with van der Waals surface area (Å²) in [5, 5.41) is 0. The summed E-state index contributed by atoms with van der Waals surface area (Å²) in [4.78, 5) is 31.8. The summed E-state index contributed by atoms with van der Waals surface area (Å²) in [7, 11) is 0. The summed E-state index contributed by atoms with van der Waals surface area (Å²) in [6, 6.07) is 0. The highest BCUT2D eigenvalue weighted by molar-refractivity contribution is 6.00. The molecule has 40 heavy (non-hydrogen) atoms. The van der Waals surface area contributed by atoms with Gasteiger partial charge in [-0.1, -0.05) is 157 Å². The molecule has 2 aliphatic rings. The normalized spacial score (nSPS) is 23.7. The van der Waals surface area contributed by atoms with Crippen LogP contribution in [0.3, 0.4) is 0 Å². The van der Waals surface area contributed by atoms with Gasteiger partial charge in [-0.3, -0.25) is 9.59 Å². The lowest BCUT2D eigenvalue weighted by atomic mass is 9.92. The third-order valence-corrected chi connectivity index (χ3v) is 10.6. The van der Waals surface area contributed by atoms with Crippen molar-refractivity contribution in [2.75, 3.05) is 26.2 Å². The Labute approximate surface area is 249 Å². The van der Waals surface area contributed by atoms with E-state index in [-0.39, 0.29) is 11.8 Å². The zero-order valence-corrected chi connectivity index (χ0v) is 27.6. The molecule has 0 aromatic heterocycles. The summed E-state index contributed by atoms with van der Waals surface area (Å²) in [5.41, 5.74) is 0. The Hall–Kier alpha value is -1.06. The van der Waals surface area contributed by atoms with Gasteiger partial charge in [0.2, 0.25) is 11.8 Å². The Morgan fingerprint density at radius 3 is 1.02 bits per heavy atom. The smallest absolute Gasteiger partial charge is 0.235 e. The molecule has 4 nitrogen and oxygen atoms in total. The second-order valence-corrected chi connectivity index (χ2v) is 13.5. The van der Waals surface area contributed by atoms with Crippen LogP contribution in [-0.4, -0.2) is 47.8 Å². The van der Waals surface area contributed by atoms with Crippen molar-refractivity contribution in [3.05, 3.63) is 0 Å². The fourth-order valence-corrected chi connectivity index (χ4v) is 7.60. The number of hydrogen-bond acceptors (Lipinski definition) is 2. The first-order chi connectivity index (χ1) is 19.5. The number of unbranched alkanes of at least 4 members (excludes halogenated alkanes) is 14. The summed E-state index contributed by atoms with van der Waals surface area (Å²) < 4.78 is 0. The Morgan fingerprint density at radius 2 is 0.750 bits per heavy atom. The van der Waals surface area contributed by atoms with Gasteiger partial charge in [0.05, 0.1) is 0 Å². The van der Waals surface area contributed by atoms with Crippen molar-refractivity contribution in [2.24, 2.45) is 29.6 Å². The van der Waals surface area contributed by atoms with Gasteiger partial charge in [-0.05, 0) is 30.1 Å². The van der Waals surface area contributed by atoms with Gasteiger partial charge in [-0.25, -0.2) is 0 Å². The zero-order chi connectivity index (χ0) is 29.2. The zero-order valence-electron chi connectivity index (χ0n) is 27.6. The number of likely N-dealkylation sites (tertiary alicyclic amines) is 2. The Kier molecular flexibility index (Phi) is 18.2. The molecule has 0 aliphatic carbocycles. The van der Waals surface area contributed by atoms with E-state index in [2.05, 4.69) is 44.4 Å². The Morgan fingerprint density at radius 1 is 0.475 bits per heavy atom. The summed E-state index contributed by atoms with van der Waals surface area (Å²) in [6.45, 7) is 14.7. The van der Waals surface area contributed by atoms with E-state index in [4.69, 9.17) is 0 Å². The van der Waals surface area contributed by atoms with Crippen LogP contribution in [0.5, 0.6) is 0 Å². The van der Waals surface area contributed by atoms with E-state index in [1.165, 1.54) is 83.5 Å². The Balaban J connectivity index is 1.74. The third-order valence-electron chi connectivity index (χ3n) is 10.6. The summed E-state index contributed by atoms with van der Waals surface area (Å²) >= 11 is 0. The molecule has 4 unspecified atom stereocenters. The molecule has 2 amide bonds. The molecule has 0 bridgehead atoms. The van der Waals surface area contributed by atoms with Gasteiger partial charge in [-0.15, -0.1) is 0 Å². The number of carbonyl (C=O) groups is 2. The summed E-state index contributed by atoms with van der Waals surface area (Å²) in [6.07, 6.45) is 25.3. The van der Waals surface area contributed by atoms with Crippen LogP contribution in [0.25, 0.3) is 0 Å². The molecule has 2 rings (SSSR count). The highest BCUT2D eigenvalue weighted by atomic mass is 16.2. The maximum atomic E-state index is 13.8. The van der Waals surface area contributed by atoms with Gasteiger partial charge < -0.3 is 9.80 Å². The van der Waals surface area contributed by atoms with Gasteiger partial charge in [0, 0.05) is 26.2 Å². The van der Waals surface area contributed by atoms with E-state index in [0.29, 0.717) is 23.7 Å². The van der Waals surface area contributed by atoms with Gasteiger partial charge in [0.15, 0.2) is 0 Å². The molecule has 0 N–H and O–H groups in total. The first kappa shape index (κ1) is 35.1. The van der Waals surface area contributed by atoms with E-state index in [0.717, 1.165) is 71.1 Å². The molecule has 0 radical (unpaired) electrons. The number of rotatable bonds is 22. The minimum Gasteiger partial charge on any atom is -0.341 e. The fourth-order valence-electron chi connectivity index (χ4n) is 7.60. The molecule has 0 aromatic carbocycles. The quantitative estimate of drug-likeness (QED) is 0.0976. The van der Waals surface area contributed by atoms with Gasteiger partial charge in [-0.2, -0.15) is 0 Å². The topological polar surface area (TPSA) is 40.6 Å². The molecule has 4 heteroatoms. The fraction of sp³-hybridized carbons (Fsp3) is 0.944. The molecule has 0 spiro atoms. The molecule has 2 saturated heterocycles.